The van der Waals surface area contributed by atoms with Crippen molar-refractivity contribution in [3.63, 3.8) is 0 Å². The summed E-state index contributed by atoms with van der Waals surface area (Å²) >= 11 is 0. The predicted octanol–water partition coefficient (Wildman–Crippen LogP) is 1.68. The molecule has 1 aromatic carbocycles. The molecule has 82 valence electrons. The predicted molar refractivity (Wildman–Crippen MR) is 54.9 cm³/mol. The summed E-state index contributed by atoms with van der Waals surface area (Å²) in [6, 6.07) is 7.35. The minimum Gasteiger partial charge on any atom is -0.496 e. The van der Waals surface area contributed by atoms with E-state index in [0.717, 1.165) is 5.56 Å². The van der Waals surface area contributed by atoms with Gasteiger partial charge in [-0.3, -0.25) is 0 Å². The second-order valence-corrected chi connectivity index (χ2v) is 3.10. The van der Waals surface area contributed by atoms with E-state index in [1.807, 2.05) is 24.3 Å². The third kappa shape index (κ3) is 3.25. The van der Waals surface area contributed by atoms with E-state index < -0.39 is 12.1 Å². The summed E-state index contributed by atoms with van der Waals surface area (Å²) in [5.41, 5.74) is 0.841. The minimum absolute atomic E-state index is 0.234. The maximum atomic E-state index is 10.5. The summed E-state index contributed by atoms with van der Waals surface area (Å²) in [4.78, 5) is 10.5. The van der Waals surface area contributed by atoms with E-state index in [1.165, 1.54) is 6.92 Å². The Kier molecular flexibility index (Phi) is 4.12. The van der Waals surface area contributed by atoms with Crippen LogP contribution in [0.25, 0.3) is 0 Å². The fourth-order valence-corrected chi connectivity index (χ4v) is 1.11. The molecule has 0 radical (unpaired) electrons. The number of ether oxygens (including phenoxy) is 2. The molecule has 1 rings (SSSR count). The van der Waals surface area contributed by atoms with E-state index in [1.54, 1.807) is 7.11 Å². The van der Waals surface area contributed by atoms with Crippen molar-refractivity contribution in [1.29, 1.82) is 0 Å². The second-order valence-electron chi connectivity index (χ2n) is 3.10. The van der Waals surface area contributed by atoms with Gasteiger partial charge in [0, 0.05) is 5.56 Å². The molecule has 1 aromatic rings. The van der Waals surface area contributed by atoms with Crippen LogP contribution >= 0.6 is 0 Å². The van der Waals surface area contributed by atoms with Crippen LogP contribution in [0.3, 0.4) is 0 Å². The van der Waals surface area contributed by atoms with Gasteiger partial charge in [-0.15, -0.1) is 0 Å². The molecule has 0 aliphatic carbocycles. The lowest BCUT2D eigenvalue weighted by molar-refractivity contribution is -0.149. The highest BCUT2D eigenvalue weighted by molar-refractivity contribution is 5.71. The van der Waals surface area contributed by atoms with Gasteiger partial charge in [0.1, 0.15) is 5.75 Å². The Morgan fingerprint density at radius 1 is 1.47 bits per heavy atom. The first-order valence-electron chi connectivity index (χ1n) is 4.61. The lowest BCUT2D eigenvalue weighted by atomic mass is 10.2. The van der Waals surface area contributed by atoms with Gasteiger partial charge in [0.15, 0.2) is 6.10 Å². The number of para-hydroxylation sites is 1. The Labute approximate surface area is 88.4 Å². The zero-order valence-corrected chi connectivity index (χ0v) is 8.77. The van der Waals surface area contributed by atoms with Crippen LogP contribution < -0.4 is 4.74 Å². The molecule has 0 heterocycles. The van der Waals surface area contributed by atoms with Crippen LogP contribution in [0, 0.1) is 0 Å². The number of carboxylic acid groups (broad SMARTS) is 1. The monoisotopic (exact) mass is 210 g/mol. The van der Waals surface area contributed by atoms with Gasteiger partial charge in [-0.2, -0.15) is 0 Å². The SMILES string of the molecule is COc1ccccc1COC(C)C(=O)O. The average molecular weight is 210 g/mol. The standard InChI is InChI=1S/C11H14O4/c1-8(11(12)13)15-7-9-5-3-4-6-10(9)14-2/h3-6,8H,7H2,1-2H3,(H,12,13). The molecule has 0 fully saturated rings. The molecule has 0 bridgehead atoms. The Balaban J connectivity index is 2.60. The van der Waals surface area contributed by atoms with E-state index in [9.17, 15) is 4.79 Å². The van der Waals surface area contributed by atoms with E-state index in [-0.39, 0.29) is 6.61 Å². The highest BCUT2D eigenvalue weighted by atomic mass is 16.5. The molecule has 0 aliphatic heterocycles. The Morgan fingerprint density at radius 2 is 2.13 bits per heavy atom. The van der Waals surface area contributed by atoms with E-state index in [4.69, 9.17) is 14.6 Å². The van der Waals surface area contributed by atoms with Gasteiger partial charge in [-0.05, 0) is 13.0 Å². The third-order valence-corrected chi connectivity index (χ3v) is 2.03. The van der Waals surface area contributed by atoms with Crippen LogP contribution in [0.5, 0.6) is 5.75 Å². The largest absolute Gasteiger partial charge is 0.496 e. The molecule has 1 N–H and O–H groups in total. The molecule has 4 nitrogen and oxygen atoms in total. The van der Waals surface area contributed by atoms with Crippen molar-refractivity contribution in [1.82, 2.24) is 0 Å². The van der Waals surface area contributed by atoms with Crippen molar-refractivity contribution < 1.29 is 19.4 Å². The van der Waals surface area contributed by atoms with Crippen molar-refractivity contribution in [2.24, 2.45) is 0 Å². The first-order valence-corrected chi connectivity index (χ1v) is 4.61. The van der Waals surface area contributed by atoms with Crippen molar-refractivity contribution in [2.45, 2.75) is 19.6 Å². The smallest absolute Gasteiger partial charge is 0.332 e. The van der Waals surface area contributed by atoms with E-state index in [2.05, 4.69) is 0 Å². The van der Waals surface area contributed by atoms with Crippen LogP contribution in [0.1, 0.15) is 12.5 Å². The van der Waals surface area contributed by atoms with Crippen molar-refractivity contribution >= 4 is 5.97 Å². The first-order chi connectivity index (χ1) is 7.15. The Hall–Kier alpha value is -1.55. The molecule has 0 spiro atoms. The highest BCUT2D eigenvalue weighted by Crippen LogP contribution is 2.18. The van der Waals surface area contributed by atoms with Crippen molar-refractivity contribution in [3.05, 3.63) is 29.8 Å². The first kappa shape index (κ1) is 11.5. The van der Waals surface area contributed by atoms with Gasteiger partial charge >= 0.3 is 5.97 Å². The lowest BCUT2D eigenvalue weighted by Crippen LogP contribution is -2.19. The third-order valence-electron chi connectivity index (χ3n) is 2.03. The number of carbonyl (C=O) groups is 1. The molecule has 0 amide bonds. The van der Waals surface area contributed by atoms with E-state index >= 15 is 0 Å². The van der Waals surface area contributed by atoms with Crippen LogP contribution in [0.4, 0.5) is 0 Å². The van der Waals surface area contributed by atoms with Crippen molar-refractivity contribution in [3.8, 4) is 5.75 Å². The Bertz CT molecular complexity index is 335. The molecule has 1 unspecified atom stereocenters. The fourth-order valence-electron chi connectivity index (χ4n) is 1.11. The van der Waals surface area contributed by atoms with Crippen LogP contribution in [-0.2, 0) is 16.1 Å². The zero-order chi connectivity index (χ0) is 11.3. The normalized spacial score (nSPS) is 12.1. The summed E-state index contributed by atoms with van der Waals surface area (Å²) in [7, 11) is 1.57. The number of hydrogen-bond donors (Lipinski definition) is 1. The topological polar surface area (TPSA) is 55.8 Å². The number of carboxylic acids is 1. The molecule has 0 aliphatic rings. The molecule has 15 heavy (non-hydrogen) atoms. The van der Waals surface area contributed by atoms with Crippen LogP contribution in [-0.4, -0.2) is 24.3 Å². The molecular formula is C11H14O4. The van der Waals surface area contributed by atoms with Gasteiger partial charge in [-0.25, -0.2) is 4.79 Å². The number of rotatable bonds is 5. The van der Waals surface area contributed by atoms with Gasteiger partial charge in [-0.1, -0.05) is 18.2 Å². The van der Waals surface area contributed by atoms with Gasteiger partial charge in [0.2, 0.25) is 0 Å². The van der Waals surface area contributed by atoms with Gasteiger partial charge in [0.25, 0.3) is 0 Å². The number of hydrogen-bond acceptors (Lipinski definition) is 3. The summed E-state index contributed by atoms with van der Waals surface area (Å²) in [6.07, 6.45) is -0.810. The quantitative estimate of drug-likeness (QED) is 0.803. The number of benzene rings is 1. The highest BCUT2D eigenvalue weighted by Gasteiger charge is 2.12. The molecule has 0 aromatic heterocycles. The summed E-state index contributed by atoms with van der Waals surface area (Å²) in [6.45, 7) is 1.73. The van der Waals surface area contributed by atoms with E-state index in [0.29, 0.717) is 5.75 Å². The maximum absolute atomic E-state index is 10.5. The average Bonchev–Trinajstić information content (AvgIpc) is 2.26. The molecule has 0 saturated heterocycles. The molecule has 4 heteroatoms. The molecule has 0 saturated carbocycles. The minimum atomic E-state index is -0.968. The van der Waals surface area contributed by atoms with Gasteiger partial charge < -0.3 is 14.6 Å². The van der Waals surface area contributed by atoms with Crippen LogP contribution in [0.15, 0.2) is 24.3 Å². The van der Waals surface area contributed by atoms with Gasteiger partial charge in [0.05, 0.1) is 13.7 Å². The fraction of sp³-hybridized carbons (Fsp3) is 0.364. The molecule has 1 atom stereocenters. The van der Waals surface area contributed by atoms with Crippen molar-refractivity contribution in [2.75, 3.05) is 7.11 Å². The number of methoxy groups -OCH3 is 1. The zero-order valence-electron chi connectivity index (χ0n) is 8.77. The second kappa shape index (κ2) is 5.36. The molecular weight excluding hydrogens is 196 g/mol. The lowest BCUT2D eigenvalue weighted by Gasteiger charge is -2.11. The van der Waals surface area contributed by atoms with Crippen LogP contribution in [0.2, 0.25) is 0 Å². The Morgan fingerprint density at radius 3 is 2.73 bits per heavy atom. The number of aliphatic carboxylic acids is 1. The summed E-state index contributed by atoms with van der Waals surface area (Å²) in [5.74, 6) is -0.264. The summed E-state index contributed by atoms with van der Waals surface area (Å²) in [5, 5.41) is 8.63. The summed E-state index contributed by atoms with van der Waals surface area (Å²) < 4.78 is 10.3. The maximum Gasteiger partial charge on any atom is 0.332 e.